The van der Waals surface area contributed by atoms with Crippen molar-refractivity contribution in [1.82, 2.24) is 0 Å². The van der Waals surface area contributed by atoms with E-state index in [4.69, 9.17) is 14.2 Å². The predicted molar refractivity (Wildman–Crippen MR) is 58.5 cm³/mol. The Kier molecular flexibility index (Phi) is 3.38. The van der Waals surface area contributed by atoms with Crippen LogP contribution < -0.4 is 0 Å². The highest BCUT2D eigenvalue weighted by Gasteiger charge is 2.79. The van der Waals surface area contributed by atoms with Crippen LogP contribution in [0.25, 0.3) is 0 Å². The summed E-state index contributed by atoms with van der Waals surface area (Å²) in [5, 5.41) is 0. The van der Waals surface area contributed by atoms with Crippen LogP contribution in [0.4, 0.5) is 0 Å². The molecule has 1 aliphatic heterocycles. The molecular weight excluding hydrogens is 240 g/mol. The van der Waals surface area contributed by atoms with E-state index in [2.05, 4.69) is 0 Å². The van der Waals surface area contributed by atoms with E-state index >= 15 is 0 Å². The number of ether oxygens (including phenoxy) is 3. The first kappa shape index (κ1) is 13.0. The van der Waals surface area contributed by atoms with Gasteiger partial charge in [0.05, 0.1) is 25.7 Å². The summed E-state index contributed by atoms with van der Waals surface area (Å²) in [6.07, 6.45) is 0. The molecular formula is C12H16O6. The Hall–Kier alpha value is -1.43. The SMILES string of the molecule is CCOC(=O)C1(C(=O)OCC)[C@@H]2COCC(=O)[C@@H]21. The summed E-state index contributed by atoms with van der Waals surface area (Å²) in [7, 11) is 0. The van der Waals surface area contributed by atoms with Crippen LogP contribution in [0.15, 0.2) is 0 Å². The molecule has 18 heavy (non-hydrogen) atoms. The molecule has 0 bridgehead atoms. The Morgan fingerprint density at radius 1 is 1.28 bits per heavy atom. The van der Waals surface area contributed by atoms with E-state index in [1.807, 2.05) is 0 Å². The van der Waals surface area contributed by atoms with Crippen molar-refractivity contribution in [2.45, 2.75) is 13.8 Å². The highest BCUT2D eigenvalue weighted by atomic mass is 16.6. The standard InChI is InChI=1S/C12H16O6/c1-3-17-10(14)12(11(15)18-4-2)7-5-16-6-8(13)9(7)12/h7,9H,3-6H2,1-2H3/t7-,9-/m1/s1. The third-order valence-electron chi connectivity index (χ3n) is 3.48. The Morgan fingerprint density at radius 3 is 2.28 bits per heavy atom. The van der Waals surface area contributed by atoms with Crippen LogP contribution in [0, 0.1) is 17.3 Å². The third kappa shape index (κ3) is 1.63. The number of hydrogen-bond acceptors (Lipinski definition) is 6. The zero-order valence-corrected chi connectivity index (χ0v) is 10.4. The van der Waals surface area contributed by atoms with Crippen molar-refractivity contribution in [2.24, 2.45) is 17.3 Å². The second-order valence-corrected chi connectivity index (χ2v) is 4.38. The van der Waals surface area contributed by atoms with Gasteiger partial charge in [0.2, 0.25) is 0 Å². The van der Waals surface area contributed by atoms with Crippen molar-refractivity contribution < 1.29 is 28.6 Å². The molecule has 6 heteroatoms. The normalized spacial score (nSPS) is 28.2. The van der Waals surface area contributed by atoms with Crippen molar-refractivity contribution in [3.8, 4) is 0 Å². The molecule has 1 saturated carbocycles. The van der Waals surface area contributed by atoms with Gasteiger partial charge in [-0.25, -0.2) is 0 Å². The first-order valence-electron chi connectivity index (χ1n) is 6.05. The number of esters is 2. The molecule has 0 aromatic rings. The average Bonchev–Trinajstić information content (AvgIpc) is 3.01. The Balaban J connectivity index is 2.28. The summed E-state index contributed by atoms with van der Waals surface area (Å²) >= 11 is 0. The lowest BCUT2D eigenvalue weighted by Crippen LogP contribution is -2.34. The molecule has 1 saturated heterocycles. The van der Waals surface area contributed by atoms with E-state index in [9.17, 15) is 14.4 Å². The number of fused-ring (bicyclic) bond motifs is 1. The zero-order valence-electron chi connectivity index (χ0n) is 10.4. The van der Waals surface area contributed by atoms with Crippen LogP contribution in [-0.2, 0) is 28.6 Å². The highest BCUT2D eigenvalue weighted by molar-refractivity contribution is 6.11. The minimum atomic E-state index is -1.46. The van der Waals surface area contributed by atoms with Crippen LogP contribution in [-0.4, -0.2) is 44.1 Å². The highest BCUT2D eigenvalue weighted by Crippen LogP contribution is 2.62. The van der Waals surface area contributed by atoms with E-state index in [0.29, 0.717) is 0 Å². The van der Waals surface area contributed by atoms with Gasteiger partial charge in [0.1, 0.15) is 6.61 Å². The van der Waals surface area contributed by atoms with Gasteiger partial charge in [0, 0.05) is 5.92 Å². The molecule has 0 radical (unpaired) electrons. The van der Waals surface area contributed by atoms with E-state index in [-0.39, 0.29) is 32.2 Å². The van der Waals surface area contributed by atoms with Crippen LogP contribution in [0.3, 0.4) is 0 Å². The van der Waals surface area contributed by atoms with Gasteiger partial charge in [-0.1, -0.05) is 0 Å². The Bertz CT molecular complexity index is 370. The maximum absolute atomic E-state index is 12.0. The Morgan fingerprint density at radius 2 is 1.83 bits per heavy atom. The smallest absolute Gasteiger partial charge is 0.324 e. The fourth-order valence-electron chi connectivity index (χ4n) is 2.68. The van der Waals surface area contributed by atoms with Gasteiger partial charge >= 0.3 is 11.9 Å². The molecule has 1 heterocycles. The second-order valence-electron chi connectivity index (χ2n) is 4.38. The van der Waals surface area contributed by atoms with Gasteiger partial charge in [-0.15, -0.1) is 0 Å². The number of carbonyl (C=O) groups is 3. The summed E-state index contributed by atoms with van der Waals surface area (Å²) < 4.78 is 14.9. The van der Waals surface area contributed by atoms with Gasteiger partial charge in [-0.3, -0.25) is 14.4 Å². The summed E-state index contributed by atoms with van der Waals surface area (Å²) in [5.74, 6) is -2.64. The maximum Gasteiger partial charge on any atom is 0.324 e. The topological polar surface area (TPSA) is 78.9 Å². The molecule has 100 valence electrons. The molecule has 0 unspecified atom stereocenters. The summed E-state index contributed by atoms with van der Waals surface area (Å²) in [5.41, 5.74) is -1.46. The second kappa shape index (κ2) is 4.68. The van der Waals surface area contributed by atoms with Crippen LogP contribution in [0.2, 0.25) is 0 Å². The lowest BCUT2D eigenvalue weighted by Gasteiger charge is -2.14. The first-order chi connectivity index (χ1) is 8.60. The molecule has 0 aromatic carbocycles. The van der Waals surface area contributed by atoms with Gasteiger partial charge in [0.15, 0.2) is 11.2 Å². The van der Waals surface area contributed by atoms with Crippen LogP contribution in [0.5, 0.6) is 0 Å². The van der Waals surface area contributed by atoms with E-state index < -0.39 is 29.2 Å². The van der Waals surface area contributed by atoms with Crippen molar-refractivity contribution >= 4 is 17.7 Å². The number of carbonyl (C=O) groups excluding carboxylic acids is 3. The molecule has 2 fully saturated rings. The number of Topliss-reactive ketones (excluding diaryl/α,β-unsaturated/α-hetero) is 1. The minimum absolute atomic E-state index is 0.0538. The van der Waals surface area contributed by atoms with Gasteiger partial charge in [-0.2, -0.15) is 0 Å². The van der Waals surface area contributed by atoms with Crippen molar-refractivity contribution in [3.63, 3.8) is 0 Å². The van der Waals surface area contributed by atoms with Crippen LogP contribution in [0.1, 0.15) is 13.8 Å². The average molecular weight is 256 g/mol. The predicted octanol–water partition coefficient (Wildman–Crippen LogP) is -0.0557. The molecule has 2 atom stereocenters. The number of hydrogen-bond donors (Lipinski definition) is 0. The number of rotatable bonds is 4. The van der Waals surface area contributed by atoms with Crippen molar-refractivity contribution in [2.75, 3.05) is 26.4 Å². The molecule has 0 spiro atoms. The summed E-state index contributed by atoms with van der Waals surface area (Å²) in [6, 6.07) is 0. The van der Waals surface area contributed by atoms with Gasteiger partial charge < -0.3 is 14.2 Å². The van der Waals surface area contributed by atoms with Crippen LogP contribution >= 0.6 is 0 Å². The summed E-state index contributed by atoms with van der Waals surface area (Å²) in [6.45, 7) is 3.79. The lowest BCUT2D eigenvalue weighted by molar-refractivity contribution is -0.166. The lowest BCUT2D eigenvalue weighted by atomic mass is 10.0. The Labute approximate surface area is 105 Å². The minimum Gasteiger partial charge on any atom is -0.465 e. The van der Waals surface area contributed by atoms with E-state index in [0.717, 1.165) is 0 Å². The molecule has 2 aliphatic rings. The third-order valence-corrected chi connectivity index (χ3v) is 3.48. The molecule has 2 rings (SSSR count). The molecule has 0 amide bonds. The van der Waals surface area contributed by atoms with E-state index in [1.54, 1.807) is 13.8 Å². The molecule has 0 N–H and O–H groups in total. The van der Waals surface area contributed by atoms with Gasteiger partial charge in [-0.05, 0) is 13.8 Å². The molecule has 6 nitrogen and oxygen atoms in total. The van der Waals surface area contributed by atoms with E-state index in [1.165, 1.54) is 0 Å². The number of ketones is 1. The maximum atomic E-state index is 12.0. The van der Waals surface area contributed by atoms with Crippen molar-refractivity contribution in [3.05, 3.63) is 0 Å². The summed E-state index contributed by atoms with van der Waals surface area (Å²) in [4.78, 5) is 35.8. The molecule has 0 aromatic heterocycles. The molecule has 1 aliphatic carbocycles. The largest absolute Gasteiger partial charge is 0.465 e. The zero-order chi connectivity index (χ0) is 13.3. The monoisotopic (exact) mass is 256 g/mol. The fraction of sp³-hybridized carbons (Fsp3) is 0.750. The van der Waals surface area contributed by atoms with Crippen molar-refractivity contribution in [1.29, 1.82) is 0 Å². The first-order valence-corrected chi connectivity index (χ1v) is 6.05. The van der Waals surface area contributed by atoms with Gasteiger partial charge in [0.25, 0.3) is 0 Å². The quantitative estimate of drug-likeness (QED) is 0.518. The fourth-order valence-corrected chi connectivity index (χ4v) is 2.68.